The van der Waals surface area contributed by atoms with Crippen molar-refractivity contribution in [3.63, 3.8) is 0 Å². The third-order valence-electron chi connectivity index (χ3n) is 3.58. The first-order valence-electron chi connectivity index (χ1n) is 7.38. The maximum absolute atomic E-state index is 12.0. The number of carbonyl (C=O) groups is 1. The Bertz CT molecular complexity index is 474. The van der Waals surface area contributed by atoms with Crippen molar-refractivity contribution in [1.82, 2.24) is 9.88 Å². The van der Waals surface area contributed by atoms with Gasteiger partial charge in [-0.3, -0.25) is 4.98 Å². The van der Waals surface area contributed by atoms with E-state index < -0.39 is 11.2 Å². The van der Waals surface area contributed by atoms with E-state index in [0.29, 0.717) is 32.4 Å². The van der Waals surface area contributed by atoms with Gasteiger partial charge in [-0.25, -0.2) is 4.79 Å². The van der Waals surface area contributed by atoms with Gasteiger partial charge < -0.3 is 14.7 Å². The van der Waals surface area contributed by atoms with E-state index >= 15 is 0 Å². The number of aromatic nitrogens is 1. The van der Waals surface area contributed by atoms with Crippen LogP contribution in [-0.4, -0.2) is 45.4 Å². The molecular weight excluding hydrogens is 268 g/mol. The van der Waals surface area contributed by atoms with Crippen molar-refractivity contribution in [2.75, 3.05) is 13.1 Å². The van der Waals surface area contributed by atoms with E-state index in [0.717, 1.165) is 5.69 Å². The third kappa shape index (κ3) is 4.70. The standard InChI is InChI=1S/C16H24N2O3/c1-15(2,3)21-14(19)18-10-7-16(20,8-11-18)12-13-6-4-5-9-17-13/h4-6,9,20H,7-8,10-12H2,1-3H3. The van der Waals surface area contributed by atoms with E-state index in [1.807, 2.05) is 39.0 Å². The fraction of sp³-hybridized carbons (Fsp3) is 0.625. The molecule has 1 aliphatic heterocycles. The molecule has 116 valence electrons. The summed E-state index contributed by atoms with van der Waals surface area (Å²) in [6, 6.07) is 5.69. The smallest absolute Gasteiger partial charge is 0.410 e. The normalized spacial score (nSPS) is 18.4. The fourth-order valence-electron chi connectivity index (χ4n) is 2.45. The van der Waals surface area contributed by atoms with Crippen LogP contribution in [0.1, 0.15) is 39.3 Å². The van der Waals surface area contributed by atoms with Gasteiger partial charge in [0.1, 0.15) is 5.60 Å². The van der Waals surface area contributed by atoms with Gasteiger partial charge in [0.25, 0.3) is 0 Å². The SMILES string of the molecule is CC(C)(C)OC(=O)N1CCC(O)(Cc2ccccn2)CC1. The number of nitrogens with zero attached hydrogens (tertiary/aromatic N) is 2. The lowest BCUT2D eigenvalue weighted by atomic mass is 9.87. The van der Waals surface area contributed by atoms with Crippen molar-refractivity contribution in [1.29, 1.82) is 0 Å². The molecule has 21 heavy (non-hydrogen) atoms. The van der Waals surface area contributed by atoms with Crippen LogP contribution in [0.15, 0.2) is 24.4 Å². The quantitative estimate of drug-likeness (QED) is 0.909. The van der Waals surface area contributed by atoms with Crippen LogP contribution in [0.2, 0.25) is 0 Å². The van der Waals surface area contributed by atoms with Crippen LogP contribution >= 0.6 is 0 Å². The lowest BCUT2D eigenvalue weighted by molar-refractivity contribution is -0.0319. The first kappa shape index (κ1) is 15.8. The zero-order valence-corrected chi connectivity index (χ0v) is 13.0. The summed E-state index contributed by atoms with van der Waals surface area (Å²) in [5, 5.41) is 10.6. The molecular formula is C16H24N2O3. The second-order valence-corrected chi connectivity index (χ2v) is 6.69. The van der Waals surface area contributed by atoms with Crippen molar-refractivity contribution >= 4 is 6.09 Å². The summed E-state index contributed by atoms with van der Waals surface area (Å²) in [6.07, 6.45) is 3.04. The van der Waals surface area contributed by atoms with Crippen molar-refractivity contribution in [2.24, 2.45) is 0 Å². The minimum absolute atomic E-state index is 0.303. The molecule has 0 atom stereocenters. The summed E-state index contributed by atoms with van der Waals surface area (Å²) in [5.41, 5.74) is -0.392. The highest BCUT2D eigenvalue weighted by Gasteiger charge is 2.35. The maximum Gasteiger partial charge on any atom is 0.410 e. The van der Waals surface area contributed by atoms with E-state index in [4.69, 9.17) is 4.74 Å². The van der Waals surface area contributed by atoms with Gasteiger partial charge in [-0.2, -0.15) is 0 Å². The molecule has 2 heterocycles. The molecule has 1 amide bonds. The van der Waals surface area contributed by atoms with Crippen LogP contribution < -0.4 is 0 Å². The summed E-state index contributed by atoms with van der Waals surface area (Å²) in [4.78, 5) is 17.9. The Morgan fingerprint density at radius 2 is 2.05 bits per heavy atom. The zero-order chi connectivity index (χ0) is 15.5. The number of aliphatic hydroxyl groups is 1. The van der Waals surface area contributed by atoms with Gasteiger partial charge in [-0.05, 0) is 45.7 Å². The molecule has 0 spiro atoms. The van der Waals surface area contributed by atoms with E-state index in [9.17, 15) is 9.90 Å². The van der Waals surface area contributed by atoms with Gasteiger partial charge in [0.05, 0.1) is 5.60 Å². The fourth-order valence-corrected chi connectivity index (χ4v) is 2.45. The number of amides is 1. The van der Waals surface area contributed by atoms with Crippen molar-refractivity contribution < 1.29 is 14.6 Å². The average Bonchev–Trinajstić information content (AvgIpc) is 2.38. The van der Waals surface area contributed by atoms with Crippen LogP contribution in [-0.2, 0) is 11.2 Å². The maximum atomic E-state index is 12.0. The Balaban J connectivity index is 1.89. The minimum Gasteiger partial charge on any atom is -0.444 e. The number of rotatable bonds is 2. The van der Waals surface area contributed by atoms with Crippen LogP contribution in [0.5, 0.6) is 0 Å². The number of hydrogen-bond acceptors (Lipinski definition) is 4. The number of ether oxygens (including phenoxy) is 1. The van der Waals surface area contributed by atoms with Crippen LogP contribution in [0.4, 0.5) is 4.79 Å². The van der Waals surface area contributed by atoms with Gasteiger partial charge in [-0.1, -0.05) is 6.07 Å². The zero-order valence-electron chi connectivity index (χ0n) is 13.0. The number of piperidine rings is 1. The van der Waals surface area contributed by atoms with Gasteiger partial charge in [0.15, 0.2) is 0 Å². The highest BCUT2D eigenvalue weighted by molar-refractivity contribution is 5.68. The van der Waals surface area contributed by atoms with Gasteiger partial charge in [0, 0.05) is 31.4 Å². The molecule has 2 rings (SSSR count). The summed E-state index contributed by atoms with van der Waals surface area (Å²) < 4.78 is 5.36. The van der Waals surface area contributed by atoms with Crippen LogP contribution in [0.25, 0.3) is 0 Å². The summed E-state index contributed by atoms with van der Waals surface area (Å²) in [5.74, 6) is 0. The third-order valence-corrected chi connectivity index (χ3v) is 3.58. The monoisotopic (exact) mass is 292 g/mol. The number of likely N-dealkylation sites (tertiary alicyclic amines) is 1. The molecule has 1 aromatic heterocycles. The highest BCUT2D eigenvalue weighted by atomic mass is 16.6. The van der Waals surface area contributed by atoms with Crippen LogP contribution in [0.3, 0.4) is 0 Å². The Kier molecular flexibility index (Phi) is 4.52. The second-order valence-electron chi connectivity index (χ2n) is 6.69. The largest absolute Gasteiger partial charge is 0.444 e. The van der Waals surface area contributed by atoms with Crippen LogP contribution in [0, 0.1) is 0 Å². The average molecular weight is 292 g/mol. The summed E-state index contributed by atoms with van der Waals surface area (Å²) in [7, 11) is 0. The minimum atomic E-state index is -0.785. The Hall–Kier alpha value is -1.62. The number of carbonyl (C=O) groups excluding carboxylic acids is 1. The predicted octanol–water partition coefficient (Wildman–Crippen LogP) is 2.39. The Morgan fingerprint density at radius 1 is 1.38 bits per heavy atom. The van der Waals surface area contributed by atoms with E-state index in [1.54, 1.807) is 11.1 Å². The van der Waals surface area contributed by atoms with E-state index in [-0.39, 0.29) is 6.09 Å². The van der Waals surface area contributed by atoms with Gasteiger partial charge in [0.2, 0.25) is 0 Å². The van der Waals surface area contributed by atoms with E-state index in [2.05, 4.69) is 4.98 Å². The second kappa shape index (κ2) is 6.02. The lowest BCUT2D eigenvalue weighted by Gasteiger charge is -2.38. The van der Waals surface area contributed by atoms with Crippen molar-refractivity contribution in [2.45, 2.75) is 51.2 Å². The molecule has 0 bridgehead atoms. The number of hydrogen-bond donors (Lipinski definition) is 1. The first-order chi connectivity index (χ1) is 9.77. The highest BCUT2D eigenvalue weighted by Crippen LogP contribution is 2.26. The Labute approximate surface area is 125 Å². The number of pyridine rings is 1. The molecule has 0 saturated carbocycles. The van der Waals surface area contributed by atoms with Gasteiger partial charge >= 0.3 is 6.09 Å². The molecule has 1 aromatic rings. The van der Waals surface area contributed by atoms with Crippen molar-refractivity contribution in [3.8, 4) is 0 Å². The molecule has 0 aliphatic carbocycles. The van der Waals surface area contributed by atoms with E-state index in [1.165, 1.54) is 0 Å². The molecule has 0 radical (unpaired) electrons. The first-order valence-corrected chi connectivity index (χ1v) is 7.38. The molecule has 0 unspecified atom stereocenters. The molecule has 1 saturated heterocycles. The topological polar surface area (TPSA) is 62.7 Å². The molecule has 1 aliphatic rings. The molecule has 1 N–H and O–H groups in total. The molecule has 5 nitrogen and oxygen atoms in total. The molecule has 0 aromatic carbocycles. The van der Waals surface area contributed by atoms with Crippen molar-refractivity contribution in [3.05, 3.63) is 30.1 Å². The predicted molar refractivity (Wildman–Crippen MR) is 79.9 cm³/mol. The van der Waals surface area contributed by atoms with Gasteiger partial charge in [-0.15, -0.1) is 0 Å². The molecule has 1 fully saturated rings. The molecule has 5 heteroatoms. The summed E-state index contributed by atoms with van der Waals surface area (Å²) in [6.45, 7) is 6.58. The Morgan fingerprint density at radius 3 is 2.57 bits per heavy atom. The lowest BCUT2D eigenvalue weighted by Crippen LogP contribution is -2.49. The summed E-state index contributed by atoms with van der Waals surface area (Å²) >= 11 is 0.